The topological polar surface area (TPSA) is 29.5 Å². The smallest absolute Gasteiger partial charge is 0.346 e. The number of rotatable bonds is 4. The molecule has 1 aliphatic heterocycles. The highest BCUT2D eigenvalue weighted by Gasteiger charge is 2.15. The van der Waals surface area contributed by atoms with E-state index >= 15 is 0 Å². The summed E-state index contributed by atoms with van der Waals surface area (Å²) in [4.78, 5) is 15.8. The van der Waals surface area contributed by atoms with Crippen LogP contribution in [0.15, 0.2) is 46.3 Å². The lowest BCUT2D eigenvalue weighted by Crippen LogP contribution is -2.25. The van der Waals surface area contributed by atoms with Crippen LogP contribution in [0.2, 0.25) is 0 Å². The van der Waals surface area contributed by atoms with Crippen LogP contribution in [0.4, 0.5) is 0 Å². The molecule has 0 amide bonds. The third-order valence-corrected chi connectivity index (χ3v) is 4.05. The number of hydrogen-bond acceptors (Lipinski definition) is 4. The molecule has 1 fully saturated rings. The molecule has 2 rings (SSSR count). The minimum Gasteiger partial charge on any atom is -0.465 e. The molecule has 1 aromatic rings. The summed E-state index contributed by atoms with van der Waals surface area (Å²) in [6.45, 7) is 2.05. The van der Waals surface area contributed by atoms with Crippen LogP contribution in [-0.4, -0.2) is 31.1 Å². The van der Waals surface area contributed by atoms with Gasteiger partial charge in [0.1, 0.15) is 4.91 Å². The van der Waals surface area contributed by atoms with Crippen LogP contribution in [0.3, 0.4) is 0 Å². The number of ether oxygens (including phenoxy) is 1. The molecule has 0 radical (unpaired) electrons. The van der Waals surface area contributed by atoms with Crippen LogP contribution in [-0.2, 0) is 9.53 Å². The average Bonchev–Trinajstić information content (AvgIpc) is 2.48. The zero-order valence-electron chi connectivity index (χ0n) is 11.2. The van der Waals surface area contributed by atoms with E-state index in [0.29, 0.717) is 4.91 Å². The third-order valence-electron chi connectivity index (χ3n) is 3.05. The highest BCUT2D eigenvalue weighted by Crippen LogP contribution is 2.28. The van der Waals surface area contributed by atoms with Crippen molar-refractivity contribution >= 4 is 17.7 Å². The molecule has 102 valence electrons. The van der Waals surface area contributed by atoms with Crippen molar-refractivity contribution in [2.45, 2.75) is 24.2 Å². The number of carbonyl (C=O) groups is 1. The molecule has 0 unspecified atom stereocenters. The van der Waals surface area contributed by atoms with Gasteiger partial charge in [0.15, 0.2) is 0 Å². The summed E-state index contributed by atoms with van der Waals surface area (Å²) >= 11 is 1.46. The third kappa shape index (κ3) is 4.31. The lowest BCUT2D eigenvalue weighted by atomic mass is 10.1. The first-order valence-corrected chi connectivity index (χ1v) is 7.38. The Morgan fingerprint density at radius 1 is 1.21 bits per heavy atom. The predicted octanol–water partition coefficient (Wildman–Crippen LogP) is 3.28. The van der Waals surface area contributed by atoms with Gasteiger partial charge in [-0.05, 0) is 31.4 Å². The maximum absolute atomic E-state index is 11.9. The SMILES string of the molecule is COC(=O)/C(=C/N1CCCCC1)Sc1ccccc1. The molecule has 0 N–H and O–H groups in total. The second-order valence-electron chi connectivity index (χ2n) is 4.50. The molecule has 0 bridgehead atoms. The fourth-order valence-electron chi connectivity index (χ4n) is 2.05. The van der Waals surface area contributed by atoms with E-state index in [1.807, 2.05) is 36.5 Å². The normalized spacial score (nSPS) is 16.3. The number of methoxy groups -OCH3 is 1. The Balaban J connectivity index is 2.11. The summed E-state index contributed by atoms with van der Waals surface area (Å²) in [5, 5.41) is 0. The van der Waals surface area contributed by atoms with Crippen LogP contribution in [0.5, 0.6) is 0 Å². The summed E-state index contributed by atoms with van der Waals surface area (Å²) in [6.07, 6.45) is 5.62. The minimum atomic E-state index is -0.264. The van der Waals surface area contributed by atoms with Crippen LogP contribution < -0.4 is 0 Å². The van der Waals surface area contributed by atoms with Crippen molar-refractivity contribution in [1.29, 1.82) is 0 Å². The maximum atomic E-state index is 11.9. The number of carbonyl (C=O) groups excluding carboxylic acids is 1. The second kappa shape index (κ2) is 7.24. The number of esters is 1. The fraction of sp³-hybridized carbons (Fsp3) is 0.400. The van der Waals surface area contributed by atoms with Gasteiger partial charge in [-0.25, -0.2) is 4.79 Å². The van der Waals surface area contributed by atoms with E-state index in [-0.39, 0.29) is 5.97 Å². The highest BCUT2D eigenvalue weighted by atomic mass is 32.2. The lowest BCUT2D eigenvalue weighted by molar-refractivity contribution is -0.135. The molecular weight excluding hydrogens is 258 g/mol. The van der Waals surface area contributed by atoms with E-state index in [2.05, 4.69) is 4.90 Å². The molecule has 1 aliphatic rings. The van der Waals surface area contributed by atoms with Crippen molar-refractivity contribution < 1.29 is 9.53 Å². The number of thioether (sulfide) groups is 1. The monoisotopic (exact) mass is 277 g/mol. The Bertz CT molecular complexity index is 439. The predicted molar refractivity (Wildman–Crippen MR) is 77.8 cm³/mol. The van der Waals surface area contributed by atoms with E-state index in [1.165, 1.54) is 38.1 Å². The average molecular weight is 277 g/mol. The summed E-state index contributed by atoms with van der Waals surface area (Å²) in [5.74, 6) is -0.264. The first-order chi connectivity index (χ1) is 9.29. The van der Waals surface area contributed by atoms with E-state index < -0.39 is 0 Å². The molecule has 3 nitrogen and oxygen atoms in total. The van der Waals surface area contributed by atoms with Crippen molar-refractivity contribution in [2.75, 3.05) is 20.2 Å². The molecule has 0 aromatic heterocycles. The Hall–Kier alpha value is -1.42. The molecule has 1 saturated heterocycles. The highest BCUT2D eigenvalue weighted by molar-refractivity contribution is 8.04. The van der Waals surface area contributed by atoms with E-state index in [0.717, 1.165) is 18.0 Å². The maximum Gasteiger partial charge on any atom is 0.346 e. The van der Waals surface area contributed by atoms with Gasteiger partial charge < -0.3 is 9.64 Å². The van der Waals surface area contributed by atoms with Crippen molar-refractivity contribution in [1.82, 2.24) is 4.90 Å². The van der Waals surface area contributed by atoms with Crippen molar-refractivity contribution in [3.63, 3.8) is 0 Å². The summed E-state index contributed by atoms with van der Waals surface area (Å²) < 4.78 is 4.87. The Morgan fingerprint density at radius 2 is 1.89 bits per heavy atom. The summed E-state index contributed by atoms with van der Waals surface area (Å²) in [6, 6.07) is 9.90. The van der Waals surface area contributed by atoms with Crippen molar-refractivity contribution in [2.24, 2.45) is 0 Å². The largest absolute Gasteiger partial charge is 0.465 e. The summed E-state index contributed by atoms with van der Waals surface area (Å²) in [5.41, 5.74) is 0. The zero-order valence-corrected chi connectivity index (χ0v) is 12.0. The molecular formula is C15H19NO2S. The number of nitrogens with zero attached hydrogens (tertiary/aromatic N) is 1. The van der Waals surface area contributed by atoms with Gasteiger partial charge in [0.2, 0.25) is 0 Å². The van der Waals surface area contributed by atoms with E-state index in [4.69, 9.17) is 4.74 Å². The number of benzene rings is 1. The molecule has 0 saturated carbocycles. The molecule has 4 heteroatoms. The number of hydrogen-bond donors (Lipinski definition) is 0. The first kappa shape index (κ1) is 14.0. The Kier molecular flexibility index (Phi) is 5.33. The molecule has 0 spiro atoms. The standard InChI is InChI=1S/C15H19NO2S/c1-18-15(17)14(12-16-10-6-3-7-11-16)19-13-8-4-2-5-9-13/h2,4-5,8-9,12H,3,6-7,10-11H2,1H3/b14-12-. The zero-order chi connectivity index (χ0) is 13.5. The Labute approximate surface area is 118 Å². The van der Waals surface area contributed by atoms with E-state index in [1.54, 1.807) is 0 Å². The quantitative estimate of drug-likeness (QED) is 0.480. The summed E-state index contributed by atoms with van der Waals surface area (Å²) in [7, 11) is 1.43. The molecule has 19 heavy (non-hydrogen) atoms. The van der Waals surface area contributed by atoms with Gasteiger partial charge in [-0.3, -0.25) is 0 Å². The fourth-order valence-corrected chi connectivity index (χ4v) is 2.97. The van der Waals surface area contributed by atoms with Crippen LogP contribution in [0, 0.1) is 0 Å². The minimum absolute atomic E-state index is 0.264. The van der Waals surface area contributed by atoms with Crippen molar-refractivity contribution in [3.8, 4) is 0 Å². The molecule has 0 aliphatic carbocycles. The molecule has 0 atom stereocenters. The number of piperidine rings is 1. The van der Waals surface area contributed by atoms with E-state index in [9.17, 15) is 4.79 Å². The van der Waals surface area contributed by atoms with Gasteiger partial charge in [-0.2, -0.15) is 0 Å². The van der Waals surface area contributed by atoms with Gasteiger partial charge >= 0.3 is 5.97 Å². The van der Waals surface area contributed by atoms with Crippen LogP contribution in [0.25, 0.3) is 0 Å². The Morgan fingerprint density at radius 3 is 2.53 bits per heavy atom. The lowest BCUT2D eigenvalue weighted by Gasteiger charge is -2.25. The molecule has 1 heterocycles. The van der Waals surface area contributed by atoms with Gasteiger partial charge in [-0.1, -0.05) is 30.0 Å². The van der Waals surface area contributed by atoms with Gasteiger partial charge in [0.05, 0.1) is 7.11 Å². The van der Waals surface area contributed by atoms with Crippen molar-refractivity contribution in [3.05, 3.63) is 41.4 Å². The van der Waals surface area contributed by atoms with Gasteiger partial charge in [-0.15, -0.1) is 0 Å². The second-order valence-corrected chi connectivity index (χ2v) is 5.61. The number of likely N-dealkylation sites (tertiary alicyclic amines) is 1. The van der Waals surface area contributed by atoms with Crippen LogP contribution >= 0.6 is 11.8 Å². The van der Waals surface area contributed by atoms with Gasteiger partial charge in [0, 0.05) is 24.2 Å². The van der Waals surface area contributed by atoms with Crippen LogP contribution in [0.1, 0.15) is 19.3 Å². The molecule has 1 aromatic carbocycles. The first-order valence-electron chi connectivity index (χ1n) is 6.56. The van der Waals surface area contributed by atoms with Gasteiger partial charge in [0.25, 0.3) is 0 Å².